The number of amides is 1. The highest BCUT2D eigenvalue weighted by Gasteiger charge is 2.26. The number of benzene rings is 3. The molecule has 0 radical (unpaired) electrons. The van der Waals surface area contributed by atoms with Gasteiger partial charge in [0.2, 0.25) is 0 Å². The number of hydrogen-bond donors (Lipinski definition) is 1. The average Bonchev–Trinajstić information content (AvgIpc) is 3.47. The van der Waals surface area contributed by atoms with Crippen molar-refractivity contribution in [3.05, 3.63) is 89.6 Å². The van der Waals surface area contributed by atoms with E-state index in [1.165, 1.54) is 7.11 Å². The van der Waals surface area contributed by atoms with Gasteiger partial charge in [0.25, 0.3) is 5.91 Å². The number of nitrogens with one attached hydrogen (secondary N) is 1. The molecule has 0 unspecified atom stereocenters. The van der Waals surface area contributed by atoms with E-state index < -0.39 is 0 Å². The molecule has 1 amide bonds. The maximum atomic E-state index is 13.3. The lowest BCUT2D eigenvalue weighted by molar-refractivity contribution is 0.102. The molecule has 7 nitrogen and oxygen atoms in total. The number of thioether (sulfide) groups is 1. The fraction of sp³-hybridized carbons (Fsp3) is 0.154. The smallest absolute Gasteiger partial charge is 0.260 e. The molecule has 0 fully saturated rings. The van der Waals surface area contributed by atoms with Crippen molar-refractivity contribution >= 4 is 23.5 Å². The lowest BCUT2D eigenvalue weighted by Crippen LogP contribution is -2.17. The molecule has 1 N–H and O–H groups in total. The molecule has 2 heterocycles. The maximum absolute atomic E-state index is 13.3. The van der Waals surface area contributed by atoms with Crippen LogP contribution in [0.25, 0.3) is 5.69 Å². The van der Waals surface area contributed by atoms with E-state index in [0.29, 0.717) is 22.9 Å². The quantitative estimate of drug-likeness (QED) is 0.372. The van der Waals surface area contributed by atoms with E-state index in [0.717, 1.165) is 39.9 Å². The van der Waals surface area contributed by atoms with Crippen LogP contribution in [0.3, 0.4) is 0 Å². The molecule has 0 saturated carbocycles. The number of aromatic nitrogens is 2. The van der Waals surface area contributed by atoms with Crippen LogP contribution in [-0.2, 0) is 11.5 Å². The van der Waals surface area contributed by atoms with Gasteiger partial charge >= 0.3 is 0 Å². The number of fused-ring (bicyclic) bond motifs is 1. The molecule has 8 heteroatoms. The Hall–Kier alpha value is -3.91. The Morgan fingerprint density at radius 3 is 2.41 bits per heavy atom. The topological polar surface area (TPSA) is 74.6 Å². The Morgan fingerprint density at radius 2 is 1.68 bits per heavy atom. The molecule has 172 valence electrons. The van der Waals surface area contributed by atoms with Gasteiger partial charge in [-0.1, -0.05) is 24.3 Å². The Labute approximate surface area is 201 Å². The van der Waals surface area contributed by atoms with E-state index in [9.17, 15) is 4.79 Å². The van der Waals surface area contributed by atoms with Crippen LogP contribution >= 0.6 is 11.8 Å². The summed E-state index contributed by atoms with van der Waals surface area (Å²) in [6.07, 6.45) is 0. The molecule has 0 spiro atoms. The third-order valence-corrected chi connectivity index (χ3v) is 6.46. The molecule has 5 rings (SSSR count). The van der Waals surface area contributed by atoms with Gasteiger partial charge in [-0.3, -0.25) is 4.79 Å². The number of nitrogens with zero attached hydrogens (tertiary/aromatic N) is 2. The lowest BCUT2D eigenvalue weighted by atomic mass is 10.1. The summed E-state index contributed by atoms with van der Waals surface area (Å²) in [6, 6.07) is 22.5. The predicted molar refractivity (Wildman–Crippen MR) is 133 cm³/mol. The zero-order valence-corrected chi connectivity index (χ0v) is 19.6. The number of ether oxygens (including phenoxy) is 3. The van der Waals surface area contributed by atoms with E-state index >= 15 is 0 Å². The van der Waals surface area contributed by atoms with Crippen LogP contribution in [-0.4, -0.2) is 29.9 Å². The van der Waals surface area contributed by atoms with Crippen molar-refractivity contribution < 1.29 is 19.0 Å². The summed E-state index contributed by atoms with van der Waals surface area (Å²) in [4.78, 5) is 13.3. The number of methoxy groups -OCH3 is 2. The molecule has 34 heavy (non-hydrogen) atoms. The van der Waals surface area contributed by atoms with Crippen LogP contribution in [0.5, 0.6) is 23.0 Å². The van der Waals surface area contributed by atoms with Crippen molar-refractivity contribution in [2.24, 2.45) is 0 Å². The molecular weight excluding hydrogens is 450 g/mol. The van der Waals surface area contributed by atoms with E-state index in [1.54, 1.807) is 41.8 Å². The Bertz CT molecular complexity index is 1320. The van der Waals surface area contributed by atoms with Gasteiger partial charge in [0.15, 0.2) is 11.5 Å². The van der Waals surface area contributed by atoms with Crippen LogP contribution in [0.1, 0.15) is 21.6 Å². The molecule has 1 aliphatic rings. The van der Waals surface area contributed by atoms with Gasteiger partial charge in [-0.2, -0.15) is 16.9 Å². The second kappa shape index (κ2) is 9.52. The van der Waals surface area contributed by atoms with Gasteiger partial charge < -0.3 is 19.5 Å². The van der Waals surface area contributed by atoms with Crippen molar-refractivity contribution in [1.82, 2.24) is 9.78 Å². The zero-order valence-electron chi connectivity index (χ0n) is 18.8. The number of carbonyl (C=O) groups is 1. The molecule has 4 aromatic rings. The largest absolute Gasteiger partial charge is 0.493 e. The Kier molecular flexibility index (Phi) is 6.14. The van der Waals surface area contributed by atoms with Gasteiger partial charge in [0, 0.05) is 17.1 Å². The van der Waals surface area contributed by atoms with Crippen molar-refractivity contribution in [3.8, 4) is 28.7 Å². The molecule has 0 bridgehead atoms. The Morgan fingerprint density at radius 1 is 0.912 bits per heavy atom. The molecule has 0 atom stereocenters. The predicted octanol–water partition coefficient (Wildman–Crippen LogP) is 5.68. The number of rotatable bonds is 7. The van der Waals surface area contributed by atoms with Crippen molar-refractivity contribution in [3.63, 3.8) is 0 Å². The van der Waals surface area contributed by atoms with Gasteiger partial charge in [-0.05, 0) is 48.5 Å². The fourth-order valence-corrected chi connectivity index (χ4v) is 4.88. The number of para-hydroxylation sites is 2. The fourth-order valence-electron chi connectivity index (χ4n) is 3.85. The molecule has 1 aromatic heterocycles. The van der Waals surface area contributed by atoms with E-state index in [2.05, 4.69) is 5.32 Å². The first-order valence-electron chi connectivity index (χ1n) is 10.7. The summed E-state index contributed by atoms with van der Waals surface area (Å²) in [5, 5.41) is 7.85. The van der Waals surface area contributed by atoms with E-state index in [-0.39, 0.29) is 5.91 Å². The highest BCUT2D eigenvalue weighted by Crippen LogP contribution is 2.37. The first kappa shape index (κ1) is 21.9. The minimum absolute atomic E-state index is 0.291. The Balaban J connectivity index is 1.45. The van der Waals surface area contributed by atoms with Gasteiger partial charge in [0.1, 0.15) is 17.3 Å². The highest BCUT2D eigenvalue weighted by atomic mass is 32.2. The number of carbonyl (C=O) groups excluding carboxylic acids is 1. The summed E-state index contributed by atoms with van der Waals surface area (Å²) < 4.78 is 18.5. The van der Waals surface area contributed by atoms with Crippen molar-refractivity contribution in [2.45, 2.75) is 11.5 Å². The summed E-state index contributed by atoms with van der Waals surface area (Å²) in [5.74, 6) is 4.34. The molecule has 0 aliphatic carbocycles. The van der Waals surface area contributed by atoms with Crippen LogP contribution in [0.4, 0.5) is 5.82 Å². The second-order valence-electron chi connectivity index (χ2n) is 7.58. The minimum Gasteiger partial charge on any atom is -0.493 e. The van der Waals surface area contributed by atoms with Gasteiger partial charge in [-0.25, -0.2) is 4.68 Å². The third-order valence-electron chi connectivity index (χ3n) is 5.49. The number of hydrogen-bond acceptors (Lipinski definition) is 6. The van der Waals surface area contributed by atoms with Crippen LogP contribution in [0.15, 0.2) is 72.8 Å². The second-order valence-corrected chi connectivity index (χ2v) is 8.57. The van der Waals surface area contributed by atoms with Crippen molar-refractivity contribution in [1.29, 1.82) is 0 Å². The maximum Gasteiger partial charge on any atom is 0.260 e. The van der Waals surface area contributed by atoms with Gasteiger partial charge in [-0.15, -0.1) is 0 Å². The molecule has 3 aromatic carbocycles. The van der Waals surface area contributed by atoms with Gasteiger partial charge in [0.05, 0.1) is 31.2 Å². The van der Waals surface area contributed by atoms with Crippen molar-refractivity contribution in [2.75, 3.05) is 19.5 Å². The lowest BCUT2D eigenvalue weighted by Gasteiger charge is -2.14. The molecule has 0 saturated heterocycles. The average molecular weight is 474 g/mol. The van der Waals surface area contributed by atoms with Crippen LogP contribution in [0.2, 0.25) is 0 Å². The molecule has 1 aliphatic heterocycles. The van der Waals surface area contributed by atoms with Crippen LogP contribution < -0.4 is 19.5 Å². The summed E-state index contributed by atoms with van der Waals surface area (Å²) in [6.45, 7) is 0. The normalized spacial score (nSPS) is 12.2. The SMILES string of the molecule is COc1cccc(C(=O)Nc2c3c(nn2-c2ccc(Oc4ccccc4)cc2)CSC3)c1OC. The van der Waals surface area contributed by atoms with E-state index in [4.69, 9.17) is 19.3 Å². The highest BCUT2D eigenvalue weighted by molar-refractivity contribution is 7.98. The standard InChI is InChI=1S/C26H23N3O4S/c1-31-23-10-6-9-20(24(23)32-2)26(30)27-25-21-15-34-16-22(21)28-29(25)17-11-13-19(14-12-17)33-18-7-4-3-5-8-18/h3-14H,15-16H2,1-2H3,(H,27,30). The summed E-state index contributed by atoms with van der Waals surface area (Å²) >= 11 is 1.78. The summed E-state index contributed by atoms with van der Waals surface area (Å²) in [5.41, 5.74) is 3.22. The number of anilines is 1. The minimum atomic E-state index is -0.291. The first-order chi connectivity index (χ1) is 16.7. The molecular formula is C26H23N3O4S. The zero-order chi connectivity index (χ0) is 23.5. The van der Waals surface area contributed by atoms with Crippen LogP contribution in [0, 0.1) is 0 Å². The first-order valence-corrected chi connectivity index (χ1v) is 11.9. The summed E-state index contributed by atoms with van der Waals surface area (Å²) in [7, 11) is 3.07. The monoisotopic (exact) mass is 473 g/mol. The van der Waals surface area contributed by atoms with E-state index in [1.807, 2.05) is 54.6 Å². The third kappa shape index (κ3) is 4.20.